The second kappa shape index (κ2) is 12.1. The van der Waals surface area contributed by atoms with Crippen LogP contribution in [0.25, 0.3) is 0 Å². The Morgan fingerprint density at radius 2 is 0.846 bits per heavy atom. The van der Waals surface area contributed by atoms with Crippen LogP contribution in [0, 0.1) is 0 Å². The van der Waals surface area contributed by atoms with Crippen molar-refractivity contribution in [2.45, 2.75) is 9.79 Å². The molecule has 0 unspecified atom stereocenters. The van der Waals surface area contributed by atoms with Crippen LogP contribution in [0.5, 0.6) is 0 Å². The van der Waals surface area contributed by atoms with Gasteiger partial charge in [0.1, 0.15) is 0 Å². The Balaban J connectivity index is 1.46. The zero-order valence-corrected chi connectivity index (χ0v) is 23.5. The first kappa shape index (κ1) is 28.5. The highest BCUT2D eigenvalue weighted by Crippen LogP contribution is 2.28. The van der Waals surface area contributed by atoms with Gasteiger partial charge in [-0.15, -0.1) is 0 Å². The lowest BCUT2D eigenvalue weighted by atomic mass is 10.3. The molecule has 0 aromatic heterocycles. The van der Waals surface area contributed by atoms with Gasteiger partial charge in [-0.2, -0.15) is 0 Å². The van der Waals surface area contributed by atoms with Crippen molar-refractivity contribution in [2.24, 2.45) is 0 Å². The lowest BCUT2D eigenvalue weighted by Gasteiger charge is -2.12. The van der Waals surface area contributed by atoms with Crippen molar-refractivity contribution in [3.05, 3.63) is 105 Å². The number of hydrogen-bond acceptors (Lipinski definition) is 4. The summed E-state index contributed by atoms with van der Waals surface area (Å²) in [5.41, 5.74) is 1.28. The summed E-state index contributed by atoms with van der Waals surface area (Å²) in [6, 6.07) is 19.5. The number of amides is 4. The van der Waals surface area contributed by atoms with E-state index < -0.39 is 21.9 Å². The quantitative estimate of drug-likeness (QED) is 0.172. The van der Waals surface area contributed by atoms with E-state index in [0.717, 1.165) is 0 Å². The fraction of sp³-hybridized carbons (Fsp3) is 0. The third-order valence-electron chi connectivity index (χ3n) is 5.16. The Morgan fingerprint density at radius 3 is 1.21 bits per heavy atom. The van der Waals surface area contributed by atoms with Crippen LogP contribution in [0.2, 0.25) is 20.1 Å². The summed E-state index contributed by atoms with van der Waals surface area (Å²) in [4.78, 5) is 24.7. The summed E-state index contributed by atoms with van der Waals surface area (Å²) in [5, 5.41) is 11.6. The highest BCUT2D eigenvalue weighted by atomic mass is 35.5. The summed E-state index contributed by atoms with van der Waals surface area (Å²) in [6.45, 7) is 0. The van der Waals surface area contributed by atoms with Gasteiger partial charge >= 0.3 is 12.1 Å². The van der Waals surface area contributed by atoms with Gasteiger partial charge in [0.15, 0.2) is 0 Å². The first-order chi connectivity index (χ1) is 18.5. The maximum Gasteiger partial charge on any atom is 0.323 e. The minimum absolute atomic E-state index is 0.0627. The maximum absolute atomic E-state index is 13.3. The minimum atomic E-state index is -4.00. The number of hydrogen-bond donors (Lipinski definition) is 4. The molecule has 39 heavy (non-hydrogen) atoms. The predicted octanol–water partition coefficient (Wildman–Crippen LogP) is 8.42. The van der Waals surface area contributed by atoms with E-state index in [-0.39, 0.29) is 31.2 Å². The highest BCUT2D eigenvalue weighted by molar-refractivity contribution is 7.91. The van der Waals surface area contributed by atoms with Crippen molar-refractivity contribution in [1.29, 1.82) is 0 Å². The predicted molar refractivity (Wildman–Crippen MR) is 157 cm³/mol. The second-order valence-corrected chi connectivity index (χ2v) is 11.6. The summed E-state index contributed by atoms with van der Waals surface area (Å²) < 4.78 is 26.6. The lowest BCUT2D eigenvalue weighted by molar-refractivity contribution is 0.261. The van der Waals surface area contributed by atoms with E-state index in [1.165, 1.54) is 60.7 Å². The third-order valence-corrected chi connectivity index (χ3v) is 8.39. The number of benzene rings is 4. The van der Waals surface area contributed by atoms with Gasteiger partial charge in [-0.25, -0.2) is 18.0 Å². The molecule has 0 atom stereocenters. The molecule has 0 aliphatic heterocycles. The van der Waals surface area contributed by atoms with Crippen LogP contribution in [0.15, 0.2) is 94.7 Å². The Kier molecular flexibility index (Phi) is 8.89. The zero-order valence-electron chi connectivity index (χ0n) is 19.6. The largest absolute Gasteiger partial charge is 0.323 e. The van der Waals surface area contributed by atoms with Gasteiger partial charge in [0.05, 0.1) is 29.9 Å². The molecule has 4 amide bonds. The first-order valence-electron chi connectivity index (χ1n) is 11.0. The second-order valence-electron chi connectivity index (χ2n) is 7.98. The van der Waals surface area contributed by atoms with E-state index in [4.69, 9.17) is 46.4 Å². The van der Waals surface area contributed by atoms with Crippen molar-refractivity contribution in [3.63, 3.8) is 0 Å². The molecule has 0 saturated carbocycles. The van der Waals surface area contributed by atoms with Gasteiger partial charge in [-0.3, -0.25) is 0 Å². The molecule has 0 bridgehead atoms. The minimum Gasteiger partial charge on any atom is -0.308 e. The van der Waals surface area contributed by atoms with E-state index in [2.05, 4.69) is 21.3 Å². The summed E-state index contributed by atoms with van der Waals surface area (Å²) >= 11 is 23.7. The summed E-state index contributed by atoms with van der Waals surface area (Å²) in [5.74, 6) is 0. The molecule has 0 aliphatic rings. The average Bonchev–Trinajstić information content (AvgIpc) is 2.88. The Bertz CT molecular complexity index is 1570. The number of sulfone groups is 1. The SMILES string of the molecule is O=C(Nc1cccc(S(=O)(=O)c2cccc(NC(=O)Nc3ccc(Cl)c(Cl)c3)c2)c1)Nc1ccc(Cl)c(Cl)c1. The molecule has 0 radical (unpaired) electrons. The molecule has 200 valence electrons. The Hall–Kier alpha value is -3.47. The molecule has 0 fully saturated rings. The summed E-state index contributed by atoms with van der Waals surface area (Å²) in [7, 11) is -4.00. The molecular weight excluding hydrogens is 606 g/mol. The smallest absolute Gasteiger partial charge is 0.308 e. The number of anilines is 4. The van der Waals surface area contributed by atoms with Crippen LogP contribution in [0.3, 0.4) is 0 Å². The maximum atomic E-state index is 13.3. The van der Waals surface area contributed by atoms with Gasteiger partial charge < -0.3 is 21.3 Å². The fourth-order valence-electron chi connectivity index (χ4n) is 3.35. The number of urea groups is 2. The number of halogens is 4. The van der Waals surface area contributed by atoms with E-state index >= 15 is 0 Å². The van der Waals surface area contributed by atoms with Crippen LogP contribution in [0.1, 0.15) is 0 Å². The van der Waals surface area contributed by atoms with Crippen LogP contribution in [0.4, 0.5) is 32.3 Å². The van der Waals surface area contributed by atoms with E-state index in [1.807, 2.05) is 0 Å². The molecule has 4 N–H and O–H groups in total. The Morgan fingerprint density at radius 1 is 0.487 bits per heavy atom. The van der Waals surface area contributed by atoms with Crippen LogP contribution >= 0.6 is 46.4 Å². The molecular formula is C26H18Cl4N4O4S. The third kappa shape index (κ3) is 7.35. The van der Waals surface area contributed by atoms with Crippen LogP contribution in [-0.4, -0.2) is 20.5 Å². The number of carbonyl (C=O) groups is 2. The van der Waals surface area contributed by atoms with E-state index in [0.29, 0.717) is 21.4 Å². The molecule has 13 heteroatoms. The molecule has 4 aromatic rings. The molecule has 0 heterocycles. The number of rotatable bonds is 6. The molecule has 8 nitrogen and oxygen atoms in total. The Labute approximate surface area is 244 Å². The highest BCUT2D eigenvalue weighted by Gasteiger charge is 2.19. The van der Waals surface area contributed by atoms with Gasteiger partial charge in [0, 0.05) is 22.7 Å². The van der Waals surface area contributed by atoms with Crippen LogP contribution < -0.4 is 21.3 Å². The van der Waals surface area contributed by atoms with Crippen LogP contribution in [-0.2, 0) is 9.84 Å². The van der Waals surface area contributed by atoms with Crippen molar-refractivity contribution in [3.8, 4) is 0 Å². The average molecular weight is 624 g/mol. The van der Waals surface area contributed by atoms with Gasteiger partial charge in [0.25, 0.3) is 0 Å². The van der Waals surface area contributed by atoms with Crippen molar-refractivity contribution >= 4 is 91.1 Å². The monoisotopic (exact) mass is 622 g/mol. The van der Waals surface area contributed by atoms with Gasteiger partial charge in [0.2, 0.25) is 9.84 Å². The van der Waals surface area contributed by atoms with Gasteiger partial charge in [-0.05, 0) is 72.8 Å². The van der Waals surface area contributed by atoms with E-state index in [1.54, 1.807) is 24.3 Å². The van der Waals surface area contributed by atoms with Crippen molar-refractivity contribution in [2.75, 3.05) is 21.3 Å². The molecule has 4 aromatic carbocycles. The lowest BCUT2D eigenvalue weighted by Crippen LogP contribution is -2.20. The van der Waals surface area contributed by atoms with Gasteiger partial charge in [-0.1, -0.05) is 58.5 Å². The topological polar surface area (TPSA) is 116 Å². The fourth-order valence-corrected chi connectivity index (χ4v) is 5.30. The van der Waals surface area contributed by atoms with Crippen molar-refractivity contribution < 1.29 is 18.0 Å². The van der Waals surface area contributed by atoms with E-state index in [9.17, 15) is 18.0 Å². The molecule has 0 aliphatic carbocycles. The standard InChI is InChI=1S/C26H18Cl4N4O4S/c27-21-9-7-17(13-23(21)29)33-25(35)31-15-3-1-5-19(11-15)39(37,38)20-6-2-4-16(12-20)32-26(36)34-18-8-10-22(28)24(30)14-18/h1-14H,(H2,31,33,35)(H2,32,34,36). The molecule has 4 rings (SSSR count). The molecule has 0 saturated heterocycles. The first-order valence-corrected chi connectivity index (χ1v) is 14.0. The number of carbonyl (C=O) groups excluding carboxylic acids is 2. The number of nitrogens with one attached hydrogen (secondary N) is 4. The van der Waals surface area contributed by atoms with Crippen molar-refractivity contribution in [1.82, 2.24) is 0 Å². The normalized spacial score (nSPS) is 11.0. The molecule has 0 spiro atoms. The summed E-state index contributed by atoms with van der Waals surface area (Å²) in [6.07, 6.45) is 0. The zero-order chi connectivity index (χ0) is 28.2.